The molecule has 1 heterocycles. The standard InChI is InChI=1S/C14H18N4O2/c1-9-14(10(2)18(3)17-9)16-13(19)8-20-12-6-4-5-11(15)7-12/h4-7H,8,15H2,1-3H3,(H,16,19). The van der Waals surface area contributed by atoms with E-state index in [0.717, 1.165) is 17.1 Å². The van der Waals surface area contributed by atoms with Crippen LogP contribution in [0.25, 0.3) is 0 Å². The second-order valence-corrected chi connectivity index (χ2v) is 4.58. The third kappa shape index (κ3) is 3.09. The van der Waals surface area contributed by atoms with Crippen LogP contribution in [0.4, 0.5) is 11.4 Å². The zero-order valence-electron chi connectivity index (χ0n) is 11.8. The van der Waals surface area contributed by atoms with Crippen LogP contribution in [0, 0.1) is 13.8 Å². The SMILES string of the molecule is Cc1nn(C)c(C)c1NC(=O)COc1cccc(N)c1. The van der Waals surface area contributed by atoms with E-state index in [4.69, 9.17) is 10.5 Å². The smallest absolute Gasteiger partial charge is 0.262 e. The Morgan fingerprint density at radius 1 is 1.45 bits per heavy atom. The van der Waals surface area contributed by atoms with Crippen LogP contribution in [0.1, 0.15) is 11.4 Å². The Labute approximate surface area is 117 Å². The number of ether oxygens (including phenoxy) is 1. The van der Waals surface area contributed by atoms with Gasteiger partial charge in [-0.3, -0.25) is 9.48 Å². The lowest BCUT2D eigenvalue weighted by molar-refractivity contribution is -0.118. The van der Waals surface area contributed by atoms with E-state index in [1.165, 1.54) is 0 Å². The molecule has 1 aromatic heterocycles. The molecule has 106 valence electrons. The number of hydrogen-bond donors (Lipinski definition) is 2. The molecule has 6 heteroatoms. The van der Waals surface area contributed by atoms with Gasteiger partial charge in [-0.15, -0.1) is 0 Å². The normalized spacial score (nSPS) is 10.3. The Kier molecular flexibility index (Phi) is 3.93. The van der Waals surface area contributed by atoms with Crippen molar-refractivity contribution in [3.63, 3.8) is 0 Å². The second kappa shape index (κ2) is 5.64. The second-order valence-electron chi connectivity index (χ2n) is 4.58. The molecule has 1 aromatic carbocycles. The summed E-state index contributed by atoms with van der Waals surface area (Å²) in [4.78, 5) is 11.9. The number of nitrogen functional groups attached to an aromatic ring is 1. The van der Waals surface area contributed by atoms with Gasteiger partial charge in [-0.25, -0.2) is 0 Å². The molecule has 1 amide bonds. The van der Waals surface area contributed by atoms with E-state index in [1.807, 2.05) is 20.9 Å². The average Bonchev–Trinajstić information content (AvgIpc) is 2.63. The number of amides is 1. The van der Waals surface area contributed by atoms with Gasteiger partial charge in [-0.1, -0.05) is 6.07 Å². The van der Waals surface area contributed by atoms with Crippen LogP contribution in [-0.4, -0.2) is 22.3 Å². The Balaban J connectivity index is 1.96. The van der Waals surface area contributed by atoms with Crippen molar-refractivity contribution in [1.82, 2.24) is 9.78 Å². The highest BCUT2D eigenvalue weighted by atomic mass is 16.5. The third-order valence-corrected chi connectivity index (χ3v) is 3.00. The van der Waals surface area contributed by atoms with E-state index >= 15 is 0 Å². The lowest BCUT2D eigenvalue weighted by atomic mass is 10.3. The molecule has 3 N–H and O–H groups in total. The van der Waals surface area contributed by atoms with Crippen molar-refractivity contribution in [2.24, 2.45) is 7.05 Å². The zero-order valence-corrected chi connectivity index (χ0v) is 11.8. The van der Waals surface area contributed by atoms with Crippen LogP contribution < -0.4 is 15.8 Å². The number of hydrogen-bond acceptors (Lipinski definition) is 4. The van der Waals surface area contributed by atoms with Crippen molar-refractivity contribution in [3.05, 3.63) is 35.7 Å². The largest absolute Gasteiger partial charge is 0.484 e. The zero-order chi connectivity index (χ0) is 14.7. The highest BCUT2D eigenvalue weighted by molar-refractivity contribution is 5.93. The maximum Gasteiger partial charge on any atom is 0.262 e. The summed E-state index contributed by atoms with van der Waals surface area (Å²) in [6.07, 6.45) is 0. The van der Waals surface area contributed by atoms with Crippen molar-refractivity contribution >= 4 is 17.3 Å². The molecule has 0 fully saturated rings. The van der Waals surface area contributed by atoms with E-state index in [9.17, 15) is 4.79 Å². The van der Waals surface area contributed by atoms with Gasteiger partial charge in [-0.2, -0.15) is 5.10 Å². The van der Waals surface area contributed by atoms with Gasteiger partial charge in [0.1, 0.15) is 5.75 Å². The van der Waals surface area contributed by atoms with Crippen molar-refractivity contribution in [2.75, 3.05) is 17.7 Å². The van der Waals surface area contributed by atoms with Gasteiger partial charge in [0.25, 0.3) is 5.91 Å². The van der Waals surface area contributed by atoms with Crippen molar-refractivity contribution in [1.29, 1.82) is 0 Å². The predicted molar refractivity (Wildman–Crippen MR) is 77.7 cm³/mol. The molecule has 6 nitrogen and oxygen atoms in total. The molecule has 0 saturated carbocycles. The summed E-state index contributed by atoms with van der Waals surface area (Å²) in [5.41, 5.74) is 8.65. The first-order valence-electron chi connectivity index (χ1n) is 6.25. The van der Waals surface area contributed by atoms with Crippen molar-refractivity contribution < 1.29 is 9.53 Å². The van der Waals surface area contributed by atoms with Gasteiger partial charge in [-0.05, 0) is 26.0 Å². The molecule has 20 heavy (non-hydrogen) atoms. The number of carbonyl (C=O) groups excluding carboxylic acids is 1. The van der Waals surface area contributed by atoms with Crippen molar-refractivity contribution in [3.8, 4) is 5.75 Å². The number of rotatable bonds is 4. The topological polar surface area (TPSA) is 82.2 Å². The number of anilines is 2. The summed E-state index contributed by atoms with van der Waals surface area (Å²) in [5.74, 6) is 0.339. The van der Waals surface area contributed by atoms with E-state index in [0.29, 0.717) is 11.4 Å². The maximum atomic E-state index is 11.9. The molecule has 0 bridgehead atoms. The first kappa shape index (κ1) is 13.9. The first-order chi connectivity index (χ1) is 9.47. The van der Waals surface area contributed by atoms with Crippen LogP contribution in [-0.2, 0) is 11.8 Å². The Morgan fingerprint density at radius 3 is 2.80 bits per heavy atom. The molecule has 0 atom stereocenters. The quantitative estimate of drug-likeness (QED) is 0.830. The van der Waals surface area contributed by atoms with E-state index in [1.54, 1.807) is 28.9 Å². The molecule has 0 aliphatic carbocycles. The molecule has 0 radical (unpaired) electrons. The van der Waals surface area contributed by atoms with Gasteiger partial charge >= 0.3 is 0 Å². The fourth-order valence-electron chi connectivity index (χ4n) is 1.88. The van der Waals surface area contributed by atoms with E-state index < -0.39 is 0 Å². The minimum absolute atomic E-state index is 0.0722. The lowest BCUT2D eigenvalue weighted by Gasteiger charge is -2.08. The predicted octanol–water partition coefficient (Wildman–Crippen LogP) is 1.64. The van der Waals surface area contributed by atoms with Crippen LogP contribution in [0.3, 0.4) is 0 Å². The van der Waals surface area contributed by atoms with E-state index in [-0.39, 0.29) is 12.5 Å². The third-order valence-electron chi connectivity index (χ3n) is 3.00. The Bertz CT molecular complexity index is 634. The van der Waals surface area contributed by atoms with Gasteiger partial charge in [0, 0.05) is 18.8 Å². The molecular weight excluding hydrogens is 256 g/mol. The molecule has 0 spiro atoms. The summed E-state index contributed by atoms with van der Waals surface area (Å²) in [6.45, 7) is 3.67. The minimum atomic E-state index is -0.230. The molecule has 0 saturated heterocycles. The highest BCUT2D eigenvalue weighted by Crippen LogP contribution is 2.18. The number of nitrogens with zero attached hydrogens (tertiary/aromatic N) is 2. The minimum Gasteiger partial charge on any atom is -0.484 e. The fraction of sp³-hybridized carbons (Fsp3) is 0.286. The van der Waals surface area contributed by atoms with Gasteiger partial charge < -0.3 is 15.8 Å². The van der Waals surface area contributed by atoms with Crippen LogP contribution in [0.5, 0.6) is 5.75 Å². The number of nitrogens with one attached hydrogen (secondary N) is 1. The van der Waals surface area contributed by atoms with Gasteiger partial charge in [0.2, 0.25) is 0 Å². The summed E-state index contributed by atoms with van der Waals surface area (Å²) in [5, 5.41) is 7.04. The summed E-state index contributed by atoms with van der Waals surface area (Å²) in [6, 6.07) is 6.96. The first-order valence-corrected chi connectivity index (χ1v) is 6.25. The van der Waals surface area contributed by atoms with Crippen LogP contribution >= 0.6 is 0 Å². The fourth-order valence-corrected chi connectivity index (χ4v) is 1.88. The molecule has 0 unspecified atom stereocenters. The molecule has 2 rings (SSSR count). The van der Waals surface area contributed by atoms with Crippen LogP contribution in [0.15, 0.2) is 24.3 Å². The van der Waals surface area contributed by atoms with Crippen LogP contribution in [0.2, 0.25) is 0 Å². The Morgan fingerprint density at radius 2 is 2.20 bits per heavy atom. The molecular formula is C14H18N4O2. The van der Waals surface area contributed by atoms with Gasteiger partial charge in [0.05, 0.1) is 17.1 Å². The number of carbonyl (C=O) groups is 1. The van der Waals surface area contributed by atoms with Gasteiger partial charge in [0.15, 0.2) is 6.61 Å². The number of aromatic nitrogens is 2. The average molecular weight is 274 g/mol. The summed E-state index contributed by atoms with van der Waals surface area (Å²) in [7, 11) is 1.83. The van der Waals surface area contributed by atoms with Crippen molar-refractivity contribution in [2.45, 2.75) is 13.8 Å². The number of nitrogens with two attached hydrogens (primary N) is 1. The number of aryl methyl sites for hydroxylation is 2. The summed E-state index contributed by atoms with van der Waals surface area (Å²) >= 11 is 0. The maximum absolute atomic E-state index is 11.9. The Hall–Kier alpha value is -2.50. The molecule has 2 aromatic rings. The monoisotopic (exact) mass is 274 g/mol. The molecule has 0 aliphatic heterocycles. The number of benzene rings is 1. The summed E-state index contributed by atoms with van der Waals surface area (Å²) < 4.78 is 7.11. The lowest BCUT2D eigenvalue weighted by Crippen LogP contribution is -2.20. The van der Waals surface area contributed by atoms with E-state index in [2.05, 4.69) is 10.4 Å². The highest BCUT2D eigenvalue weighted by Gasteiger charge is 2.12. The molecule has 0 aliphatic rings.